The number of nitrogens with zero attached hydrogens (tertiary/aromatic N) is 1. The average molecular weight is 396 g/mol. The number of ether oxygens (including phenoxy) is 1. The number of carbonyl (C=O) groups is 1. The Labute approximate surface area is 170 Å². The molecule has 6 nitrogen and oxygen atoms in total. The highest BCUT2D eigenvalue weighted by Crippen LogP contribution is 2.36. The summed E-state index contributed by atoms with van der Waals surface area (Å²) in [6, 6.07) is 4.10. The second-order valence-corrected chi connectivity index (χ2v) is 8.88. The molecule has 3 aliphatic rings. The number of benzene rings is 1. The summed E-state index contributed by atoms with van der Waals surface area (Å²) in [4.78, 5) is 27.0. The first-order chi connectivity index (χ1) is 14.0. The number of hydrogen-bond acceptors (Lipinski definition) is 5. The summed E-state index contributed by atoms with van der Waals surface area (Å²) < 4.78 is 11.5. The summed E-state index contributed by atoms with van der Waals surface area (Å²) in [6.45, 7) is 3.35. The molecule has 0 spiro atoms. The molecule has 1 aliphatic heterocycles. The maximum absolute atomic E-state index is 12.7. The van der Waals surface area contributed by atoms with Crippen LogP contribution in [0.4, 0.5) is 0 Å². The smallest absolute Gasteiger partial charge is 0.339 e. The van der Waals surface area contributed by atoms with Crippen LogP contribution in [0.3, 0.4) is 0 Å². The molecule has 6 heteroatoms. The number of likely N-dealkylation sites (tertiary alicyclic amines) is 1. The molecule has 1 saturated heterocycles. The molecule has 5 rings (SSSR count). The second kappa shape index (κ2) is 7.17. The zero-order valence-corrected chi connectivity index (χ0v) is 16.9. The third-order valence-electron chi connectivity index (χ3n) is 7.20. The van der Waals surface area contributed by atoms with E-state index in [0.717, 1.165) is 73.7 Å². The number of aryl methyl sites for hydroxylation is 2. The van der Waals surface area contributed by atoms with Crippen LogP contribution in [-0.2, 0) is 17.6 Å². The molecule has 0 radical (unpaired) electrons. The Kier molecular flexibility index (Phi) is 4.62. The minimum atomic E-state index is -0.233. The number of piperidine rings is 1. The number of fused-ring (bicyclic) bond motifs is 5. The van der Waals surface area contributed by atoms with Gasteiger partial charge in [-0.1, -0.05) is 0 Å². The first-order valence-electron chi connectivity index (χ1n) is 10.8. The van der Waals surface area contributed by atoms with Gasteiger partial charge in [-0.3, -0.25) is 4.79 Å². The highest BCUT2D eigenvalue weighted by molar-refractivity contribution is 5.86. The van der Waals surface area contributed by atoms with Crippen LogP contribution in [0.25, 0.3) is 11.0 Å². The van der Waals surface area contributed by atoms with Crippen molar-refractivity contribution in [3.8, 4) is 5.75 Å². The average Bonchev–Trinajstić information content (AvgIpc) is 2.93. The highest BCUT2D eigenvalue weighted by atomic mass is 16.5. The van der Waals surface area contributed by atoms with Gasteiger partial charge in [0.2, 0.25) is 0 Å². The molecular weight excluding hydrogens is 368 g/mol. The Morgan fingerprint density at radius 3 is 2.59 bits per heavy atom. The maximum Gasteiger partial charge on any atom is 0.339 e. The third kappa shape index (κ3) is 3.14. The van der Waals surface area contributed by atoms with Crippen LogP contribution in [0.15, 0.2) is 21.3 Å². The molecule has 2 aromatic rings. The Morgan fingerprint density at radius 2 is 1.86 bits per heavy atom. The van der Waals surface area contributed by atoms with E-state index in [9.17, 15) is 9.59 Å². The van der Waals surface area contributed by atoms with Crippen LogP contribution in [-0.4, -0.2) is 36.5 Å². The second-order valence-electron chi connectivity index (χ2n) is 8.88. The Balaban J connectivity index is 1.35. The summed E-state index contributed by atoms with van der Waals surface area (Å²) in [5.74, 6) is 1.43. The van der Waals surface area contributed by atoms with Gasteiger partial charge < -0.3 is 19.8 Å². The topological polar surface area (TPSA) is 85.8 Å². The van der Waals surface area contributed by atoms with Gasteiger partial charge in [-0.15, -0.1) is 0 Å². The van der Waals surface area contributed by atoms with Crippen LogP contribution < -0.4 is 16.1 Å². The Hall–Kier alpha value is -2.34. The van der Waals surface area contributed by atoms with Gasteiger partial charge in [0, 0.05) is 35.6 Å². The molecule has 2 aliphatic carbocycles. The zero-order valence-electron chi connectivity index (χ0n) is 16.9. The van der Waals surface area contributed by atoms with Crippen molar-refractivity contribution in [1.29, 1.82) is 0 Å². The van der Waals surface area contributed by atoms with Crippen molar-refractivity contribution in [2.24, 2.45) is 17.6 Å². The zero-order chi connectivity index (χ0) is 20.1. The van der Waals surface area contributed by atoms with Gasteiger partial charge in [0.1, 0.15) is 11.3 Å². The van der Waals surface area contributed by atoms with Gasteiger partial charge >= 0.3 is 5.63 Å². The van der Waals surface area contributed by atoms with Gasteiger partial charge in [0.15, 0.2) is 6.61 Å². The number of carbonyl (C=O) groups excluding carboxylic acids is 1. The first kappa shape index (κ1) is 18.7. The van der Waals surface area contributed by atoms with E-state index in [4.69, 9.17) is 14.9 Å². The van der Waals surface area contributed by atoms with E-state index in [1.54, 1.807) is 0 Å². The van der Waals surface area contributed by atoms with Gasteiger partial charge in [-0.25, -0.2) is 4.79 Å². The monoisotopic (exact) mass is 396 g/mol. The fourth-order valence-corrected chi connectivity index (χ4v) is 5.48. The number of nitrogens with two attached hydrogens (primary N) is 1. The van der Waals surface area contributed by atoms with E-state index < -0.39 is 0 Å². The molecule has 29 heavy (non-hydrogen) atoms. The quantitative estimate of drug-likeness (QED) is 0.806. The predicted molar refractivity (Wildman–Crippen MR) is 110 cm³/mol. The van der Waals surface area contributed by atoms with Crippen molar-refractivity contribution < 1.29 is 13.9 Å². The van der Waals surface area contributed by atoms with E-state index in [0.29, 0.717) is 23.2 Å². The molecular formula is C23H28N2O4. The third-order valence-corrected chi connectivity index (χ3v) is 7.20. The normalized spacial score (nSPS) is 25.9. The van der Waals surface area contributed by atoms with Crippen molar-refractivity contribution in [2.45, 2.75) is 51.5 Å². The van der Waals surface area contributed by atoms with Crippen LogP contribution in [0.1, 0.15) is 42.4 Å². The molecule has 1 unspecified atom stereocenters. The van der Waals surface area contributed by atoms with Crippen LogP contribution in [0, 0.1) is 18.8 Å². The summed E-state index contributed by atoms with van der Waals surface area (Å²) in [6.07, 6.45) is 6.07. The van der Waals surface area contributed by atoms with Crippen LogP contribution in [0.2, 0.25) is 0 Å². The molecule has 154 valence electrons. The molecule has 2 fully saturated rings. The molecule has 1 amide bonds. The van der Waals surface area contributed by atoms with Gasteiger partial charge in [-0.05, 0) is 75.0 Å². The Bertz CT molecular complexity index is 1010. The minimum absolute atomic E-state index is 0.000176. The van der Waals surface area contributed by atoms with Crippen molar-refractivity contribution >= 4 is 16.9 Å². The largest absolute Gasteiger partial charge is 0.483 e. The lowest BCUT2D eigenvalue weighted by Gasteiger charge is -2.36. The predicted octanol–water partition coefficient (Wildman–Crippen LogP) is 2.55. The van der Waals surface area contributed by atoms with Crippen molar-refractivity contribution in [3.63, 3.8) is 0 Å². The summed E-state index contributed by atoms with van der Waals surface area (Å²) in [5, 5.41) is 0.997. The van der Waals surface area contributed by atoms with E-state index >= 15 is 0 Å². The summed E-state index contributed by atoms with van der Waals surface area (Å²) in [7, 11) is 0. The van der Waals surface area contributed by atoms with Crippen molar-refractivity contribution in [3.05, 3.63) is 39.2 Å². The lowest BCUT2D eigenvalue weighted by atomic mass is 9.90. The maximum atomic E-state index is 12.7. The van der Waals surface area contributed by atoms with Gasteiger partial charge in [-0.2, -0.15) is 0 Å². The number of hydrogen-bond donors (Lipinski definition) is 1. The lowest BCUT2D eigenvalue weighted by molar-refractivity contribution is -0.135. The summed E-state index contributed by atoms with van der Waals surface area (Å²) >= 11 is 0. The number of amides is 1. The minimum Gasteiger partial charge on any atom is -0.483 e. The van der Waals surface area contributed by atoms with Crippen LogP contribution >= 0.6 is 0 Å². The van der Waals surface area contributed by atoms with E-state index in [1.165, 1.54) is 0 Å². The molecule has 1 aromatic heterocycles. The van der Waals surface area contributed by atoms with Crippen molar-refractivity contribution in [2.75, 3.05) is 19.7 Å². The van der Waals surface area contributed by atoms with Crippen molar-refractivity contribution in [1.82, 2.24) is 4.90 Å². The highest BCUT2D eigenvalue weighted by Gasteiger charge is 2.41. The van der Waals surface area contributed by atoms with E-state index in [-0.39, 0.29) is 24.2 Å². The fraction of sp³-hybridized carbons (Fsp3) is 0.565. The molecule has 1 aromatic carbocycles. The van der Waals surface area contributed by atoms with E-state index in [2.05, 4.69) is 0 Å². The standard InChI is InChI=1S/C23H28N2O4/c1-13-19(28-12-20(26)25-10-14-6-7-15(11-25)21(14)24)9-8-17-16-4-2-3-5-18(16)23(27)29-22(13)17/h8-9,14-15,21H,2-7,10-12,24H2,1H3/t14-,15+,21?. The van der Waals surface area contributed by atoms with Crippen LogP contribution in [0.5, 0.6) is 5.75 Å². The van der Waals surface area contributed by atoms with Gasteiger partial charge in [0.05, 0.1) is 0 Å². The fourth-order valence-electron chi connectivity index (χ4n) is 5.48. The molecule has 3 atom stereocenters. The lowest BCUT2D eigenvalue weighted by Crippen LogP contribution is -2.51. The molecule has 2 bridgehead atoms. The Morgan fingerprint density at radius 1 is 1.17 bits per heavy atom. The molecule has 2 N–H and O–H groups in total. The summed E-state index contributed by atoms with van der Waals surface area (Å²) in [5.41, 5.74) is 9.31. The SMILES string of the molecule is Cc1c(OCC(=O)N2C[C@H]3CC[C@@H](C2)C3N)ccc2c3c(c(=O)oc12)CCCC3. The van der Waals surface area contributed by atoms with E-state index in [1.807, 2.05) is 24.0 Å². The first-order valence-corrected chi connectivity index (χ1v) is 10.8. The number of rotatable bonds is 3. The molecule has 2 heterocycles. The van der Waals surface area contributed by atoms with Gasteiger partial charge in [0.25, 0.3) is 5.91 Å². The molecule has 1 saturated carbocycles.